The molecule has 1 aliphatic rings. The summed E-state index contributed by atoms with van der Waals surface area (Å²) in [5, 5.41) is 0. The Morgan fingerprint density at radius 3 is 2.71 bits per heavy atom. The summed E-state index contributed by atoms with van der Waals surface area (Å²) in [5.74, 6) is 0.0300. The SMILES string of the molecule is CC(N)(C(=O)C1CCCOC1)c1ccccc1. The molecule has 1 aliphatic heterocycles. The lowest BCUT2D eigenvalue weighted by Crippen LogP contribution is -2.47. The van der Waals surface area contributed by atoms with Gasteiger partial charge in [-0.15, -0.1) is 0 Å². The number of ether oxygens (including phenoxy) is 1. The Bertz CT molecular complexity index is 380. The normalized spacial score (nSPS) is 24.0. The fraction of sp³-hybridized carbons (Fsp3) is 0.500. The van der Waals surface area contributed by atoms with Crippen molar-refractivity contribution in [3.05, 3.63) is 35.9 Å². The number of carbonyl (C=O) groups is 1. The summed E-state index contributed by atoms with van der Waals surface area (Å²) < 4.78 is 5.36. The van der Waals surface area contributed by atoms with Gasteiger partial charge < -0.3 is 10.5 Å². The first-order valence-corrected chi connectivity index (χ1v) is 6.09. The molecule has 1 aromatic rings. The van der Waals surface area contributed by atoms with Gasteiger partial charge in [-0.3, -0.25) is 4.79 Å². The molecule has 0 amide bonds. The van der Waals surface area contributed by atoms with Gasteiger partial charge in [0.25, 0.3) is 0 Å². The standard InChI is InChI=1S/C14H19NO2/c1-14(15,12-7-3-2-4-8-12)13(16)11-6-5-9-17-10-11/h2-4,7-8,11H,5-6,9-10,15H2,1H3. The van der Waals surface area contributed by atoms with Crippen LogP contribution in [-0.2, 0) is 15.1 Å². The monoisotopic (exact) mass is 233 g/mol. The van der Waals surface area contributed by atoms with Gasteiger partial charge in [-0.1, -0.05) is 30.3 Å². The average Bonchev–Trinajstić information content (AvgIpc) is 2.40. The second-order valence-corrected chi connectivity index (χ2v) is 4.85. The van der Waals surface area contributed by atoms with E-state index >= 15 is 0 Å². The van der Waals surface area contributed by atoms with E-state index in [1.807, 2.05) is 30.3 Å². The minimum Gasteiger partial charge on any atom is -0.381 e. The minimum absolute atomic E-state index is 0.0565. The molecule has 0 radical (unpaired) electrons. The summed E-state index contributed by atoms with van der Waals surface area (Å²) in [6.45, 7) is 3.06. The van der Waals surface area contributed by atoms with Crippen LogP contribution in [-0.4, -0.2) is 19.0 Å². The third kappa shape index (κ3) is 2.56. The van der Waals surface area contributed by atoms with Crippen LogP contribution in [0.1, 0.15) is 25.3 Å². The lowest BCUT2D eigenvalue weighted by atomic mass is 9.80. The van der Waals surface area contributed by atoms with E-state index in [1.165, 1.54) is 0 Å². The van der Waals surface area contributed by atoms with Crippen molar-refractivity contribution in [2.75, 3.05) is 13.2 Å². The number of rotatable bonds is 3. The van der Waals surface area contributed by atoms with Crippen molar-refractivity contribution in [3.8, 4) is 0 Å². The third-order valence-corrected chi connectivity index (χ3v) is 3.42. The highest BCUT2D eigenvalue weighted by molar-refractivity contribution is 5.91. The van der Waals surface area contributed by atoms with Crippen LogP contribution < -0.4 is 5.73 Å². The van der Waals surface area contributed by atoms with E-state index in [4.69, 9.17) is 10.5 Å². The minimum atomic E-state index is -0.910. The Morgan fingerprint density at radius 2 is 2.12 bits per heavy atom. The highest BCUT2D eigenvalue weighted by Crippen LogP contribution is 2.26. The molecule has 2 unspecified atom stereocenters. The van der Waals surface area contributed by atoms with E-state index in [1.54, 1.807) is 6.92 Å². The molecule has 2 N–H and O–H groups in total. The Labute approximate surface area is 102 Å². The molecule has 0 saturated carbocycles. The van der Waals surface area contributed by atoms with Crippen molar-refractivity contribution >= 4 is 5.78 Å². The molecule has 3 heteroatoms. The van der Waals surface area contributed by atoms with Crippen LogP contribution in [0.15, 0.2) is 30.3 Å². The number of hydrogen-bond donors (Lipinski definition) is 1. The van der Waals surface area contributed by atoms with Crippen molar-refractivity contribution < 1.29 is 9.53 Å². The average molecular weight is 233 g/mol. The molecule has 0 bridgehead atoms. The molecule has 3 nitrogen and oxygen atoms in total. The predicted molar refractivity (Wildman–Crippen MR) is 66.5 cm³/mol. The summed E-state index contributed by atoms with van der Waals surface area (Å²) in [6.07, 6.45) is 1.83. The molecule has 0 spiro atoms. The van der Waals surface area contributed by atoms with E-state index < -0.39 is 5.54 Å². The molecule has 1 heterocycles. The quantitative estimate of drug-likeness (QED) is 0.867. The largest absolute Gasteiger partial charge is 0.381 e. The Hall–Kier alpha value is -1.19. The highest BCUT2D eigenvalue weighted by Gasteiger charge is 2.36. The third-order valence-electron chi connectivity index (χ3n) is 3.42. The van der Waals surface area contributed by atoms with Gasteiger partial charge in [0.1, 0.15) is 0 Å². The molecule has 1 saturated heterocycles. The Morgan fingerprint density at radius 1 is 1.41 bits per heavy atom. The van der Waals surface area contributed by atoms with Crippen LogP contribution in [0.25, 0.3) is 0 Å². The van der Waals surface area contributed by atoms with E-state index in [0.29, 0.717) is 6.61 Å². The number of nitrogens with two attached hydrogens (primary N) is 1. The molecule has 92 valence electrons. The zero-order valence-corrected chi connectivity index (χ0v) is 10.2. The van der Waals surface area contributed by atoms with Gasteiger partial charge >= 0.3 is 0 Å². The van der Waals surface area contributed by atoms with Gasteiger partial charge in [-0.25, -0.2) is 0 Å². The second-order valence-electron chi connectivity index (χ2n) is 4.85. The molecule has 2 rings (SSSR count). The highest BCUT2D eigenvalue weighted by atomic mass is 16.5. The van der Waals surface area contributed by atoms with E-state index in [0.717, 1.165) is 25.0 Å². The summed E-state index contributed by atoms with van der Waals surface area (Å²) in [5.41, 5.74) is 6.17. The lowest BCUT2D eigenvalue weighted by molar-refractivity contribution is -0.132. The van der Waals surface area contributed by atoms with Gasteiger partial charge in [0, 0.05) is 12.5 Å². The first kappa shape index (κ1) is 12.3. The van der Waals surface area contributed by atoms with Crippen molar-refractivity contribution in [2.45, 2.75) is 25.3 Å². The van der Waals surface area contributed by atoms with Crippen molar-refractivity contribution in [3.63, 3.8) is 0 Å². The first-order chi connectivity index (χ1) is 8.12. The van der Waals surface area contributed by atoms with Gasteiger partial charge in [-0.2, -0.15) is 0 Å². The molecule has 1 fully saturated rings. The fourth-order valence-corrected chi connectivity index (χ4v) is 2.30. The van der Waals surface area contributed by atoms with E-state index in [-0.39, 0.29) is 11.7 Å². The van der Waals surface area contributed by atoms with E-state index in [2.05, 4.69) is 0 Å². The molecule has 17 heavy (non-hydrogen) atoms. The van der Waals surface area contributed by atoms with Gasteiger partial charge in [0.05, 0.1) is 12.1 Å². The number of Topliss-reactive ketones (excluding diaryl/α,β-unsaturated/α-hetero) is 1. The first-order valence-electron chi connectivity index (χ1n) is 6.09. The summed E-state index contributed by atoms with van der Waals surface area (Å²) in [6, 6.07) is 9.55. The van der Waals surface area contributed by atoms with Crippen LogP contribution in [0.5, 0.6) is 0 Å². The van der Waals surface area contributed by atoms with Crippen LogP contribution >= 0.6 is 0 Å². The molecule has 1 aromatic carbocycles. The number of carbonyl (C=O) groups excluding carboxylic acids is 1. The number of hydrogen-bond acceptors (Lipinski definition) is 3. The Kier molecular flexibility index (Phi) is 3.60. The van der Waals surface area contributed by atoms with Crippen molar-refractivity contribution in [2.24, 2.45) is 11.7 Å². The zero-order valence-electron chi connectivity index (χ0n) is 10.2. The van der Waals surface area contributed by atoms with Crippen LogP contribution in [0, 0.1) is 5.92 Å². The summed E-state index contributed by atoms with van der Waals surface area (Å²) in [4.78, 5) is 12.4. The summed E-state index contributed by atoms with van der Waals surface area (Å²) in [7, 11) is 0. The van der Waals surface area contributed by atoms with Crippen molar-refractivity contribution in [1.82, 2.24) is 0 Å². The van der Waals surface area contributed by atoms with Gasteiger partial charge in [0.2, 0.25) is 0 Å². The lowest BCUT2D eigenvalue weighted by Gasteiger charge is -2.30. The fourth-order valence-electron chi connectivity index (χ4n) is 2.30. The Balaban J connectivity index is 2.17. The van der Waals surface area contributed by atoms with Gasteiger partial charge in [0.15, 0.2) is 5.78 Å². The molecular formula is C14H19NO2. The van der Waals surface area contributed by atoms with Crippen LogP contribution in [0.2, 0.25) is 0 Å². The molecule has 0 aromatic heterocycles. The topological polar surface area (TPSA) is 52.3 Å². The van der Waals surface area contributed by atoms with Crippen molar-refractivity contribution in [1.29, 1.82) is 0 Å². The number of ketones is 1. The second kappa shape index (κ2) is 4.98. The predicted octanol–water partition coefficient (Wildman–Crippen LogP) is 1.86. The maximum atomic E-state index is 12.4. The zero-order chi connectivity index (χ0) is 12.3. The van der Waals surface area contributed by atoms with Crippen LogP contribution in [0.4, 0.5) is 0 Å². The van der Waals surface area contributed by atoms with Gasteiger partial charge in [-0.05, 0) is 25.3 Å². The molecule has 2 atom stereocenters. The maximum Gasteiger partial charge on any atom is 0.162 e. The number of benzene rings is 1. The smallest absolute Gasteiger partial charge is 0.162 e. The molecular weight excluding hydrogens is 214 g/mol. The molecule has 0 aliphatic carbocycles. The maximum absolute atomic E-state index is 12.4. The summed E-state index contributed by atoms with van der Waals surface area (Å²) >= 11 is 0. The van der Waals surface area contributed by atoms with E-state index in [9.17, 15) is 4.79 Å². The van der Waals surface area contributed by atoms with Crippen LogP contribution in [0.3, 0.4) is 0 Å².